The van der Waals surface area contributed by atoms with Crippen molar-refractivity contribution in [3.63, 3.8) is 0 Å². The van der Waals surface area contributed by atoms with Crippen LogP contribution in [0.5, 0.6) is 11.5 Å². The van der Waals surface area contributed by atoms with Crippen LogP contribution in [-0.4, -0.2) is 50.9 Å². The van der Waals surface area contributed by atoms with Crippen LogP contribution in [0.3, 0.4) is 0 Å². The normalized spacial score (nSPS) is 13.4. The number of allylic oxidation sites excluding steroid dienone is 2. The second-order valence-electron chi connectivity index (χ2n) is 8.87. The summed E-state index contributed by atoms with van der Waals surface area (Å²) < 4.78 is 28.1. The highest BCUT2D eigenvalue weighted by atomic mass is 16.7. The number of carbonyl (C=O) groups excluding carboxylic acids is 1. The van der Waals surface area contributed by atoms with E-state index in [1.807, 2.05) is 30.3 Å². The van der Waals surface area contributed by atoms with Gasteiger partial charge < -0.3 is 28.8 Å². The minimum absolute atomic E-state index is 0.119. The molecular weight excluding hydrogens is 472 g/mol. The average molecular weight is 513 g/mol. The minimum atomic E-state index is -0.586. The molecule has 0 aliphatic carbocycles. The molecule has 37 heavy (non-hydrogen) atoms. The van der Waals surface area contributed by atoms with Crippen molar-refractivity contribution in [3.05, 3.63) is 84.5 Å². The molecule has 1 N–H and O–H groups in total. The SMILES string of the molecule is C=CCc1cccc(O)c1C(=O)O[C@@H](CCOCc1ccc(OC)cc1)C[C@@H](OCOC)[C@@H](C)CC=C. The fourth-order valence-corrected chi connectivity index (χ4v) is 4.00. The standard InChI is InChI=1S/C30H40O7/c1-6-9-22(3)28(36-21-33-4)19-26(17-18-35-20-23-13-15-25(34-5)16-14-23)37-30(32)29-24(10-7-2)11-8-12-27(29)31/h6-8,11-16,22,26,28,31H,1-2,9-10,17-21H2,3-5H3/t22-,26-,28+/m0/s1. The summed E-state index contributed by atoms with van der Waals surface area (Å²) in [5.41, 5.74) is 1.82. The molecule has 0 spiro atoms. The van der Waals surface area contributed by atoms with Crippen molar-refractivity contribution < 1.29 is 33.6 Å². The van der Waals surface area contributed by atoms with Gasteiger partial charge in [0.25, 0.3) is 0 Å². The largest absolute Gasteiger partial charge is 0.507 e. The number of hydrogen-bond acceptors (Lipinski definition) is 7. The van der Waals surface area contributed by atoms with Crippen LogP contribution in [0.1, 0.15) is 47.7 Å². The molecule has 0 aliphatic rings. The van der Waals surface area contributed by atoms with Crippen molar-refractivity contribution in [1.29, 1.82) is 0 Å². The number of aromatic hydroxyl groups is 1. The van der Waals surface area contributed by atoms with Crippen molar-refractivity contribution >= 4 is 5.97 Å². The maximum Gasteiger partial charge on any atom is 0.342 e. The molecule has 0 bridgehead atoms. The molecular formula is C30H40O7. The Balaban J connectivity index is 2.14. The number of carbonyl (C=O) groups is 1. The molecule has 0 saturated carbocycles. The Morgan fingerprint density at radius 3 is 2.49 bits per heavy atom. The van der Waals surface area contributed by atoms with Gasteiger partial charge in [-0.3, -0.25) is 0 Å². The third-order valence-corrected chi connectivity index (χ3v) is 6.05. The molecule has 0 fully saturated rings. The van der Waals surface area contributed by atoms with E-state index in [4.69, 9.17) is 23.7 Å². The molecule has 2 rings (SSSR count). The number of methoxy groups -OCH3 is 2. The van der Waals surface area contributed by atoms with Gasteiger partial charge in [-0.25, -0.2) is 4.79 Å². The molecule has 3 atom stereocenters. The van der Waals surface area contributed by atoms with E-state index in [9.17, 15) is 9.90 Å². The Morgan fingerprint density at radius 1 is 1.08 bits per heavy atom. The van der Waals surface area contributed by atoms with Gasteiger partial charge in [0.1, 0.15) is 30.0 Å². The van der Waals surface area contributed by atoms with E-state index in [0.29, 0.717) is 38.0 Å². The lowest BCUT2D eigenvalue weighted by Gasteiger charge is -2.28. The highest BCUT2D eigenvalue weighted by Crippen LogP contribution is 2.26. The fourth-order valence-electron chi connectivity index (χ4n) is 4.00. The lowest BCUT2D eigenvalue weighted by Crippen LogP contribution is -2.31. The van der Waals surface area contributed by atoms with Crippen LogP contribution in [-0.2, 0) is 32.0 Å². The Bertz CT molecular complexity index is 970. The lowest BCUT2D eigenvalue weighted by atomic mass is 9.95. The Labute approximate surface area is 220 Å². The van der Waals surface area contributed by atoms with Crippen LogP contribution in [0.2, 0.25) is 0 Å². The summed E-state index contributed by atoms with van der Waals surface area (Å²) >= 11 is 0. The van der Waals surface area contributed by atoms with Gasteiger partial charge in [-0.15, -0.1) is 13.2 Å². The van der Waals surface area contributed by atoms with E-state index in [0.717, 1.165) is 17.7 Å². The first-order valence-corrected chi connectivity index (χ1v) is 12.5. The van der Waals surface area contributed by atoms with Gasteiger partial charge in [0.05, 0.1) is 26.4 Å². The van der Waals surface area contributed by atoms with E-state index in [1.54, 1.807) is 32.4 Å². The van der Waals surface area contributed by atoms with Crippen LogP contribution in [0.25, 0.3) is 0 Å². The van der Waals surface area contributed by atoms with Crippen LogP contribution in [0.15, 0.2) is 67.8 Å². The molecule has 2 aromatic carbocycles. The van der Waals surface area contributed by atoms with Crippen LogP contribution < -0.4 is 4.74 Å². The molecule has 0 heterocycles. The van der Waals surface area contributed by atoms with E-state index >= 15 is 0 Å². The second-order valence-corrected chi connectivity index (χ2v) is 8.87. The fraction of sp³-hybridized carbons (Fsp3) is 0.433. The van der Waals surface area contributed by atoms with Gasteiger partial charge >= 0.3 is 5.97 Å². The van der Waals surface area contributed by atoms with Crippen LogP contribution >= 0.6 is 0 Å². The van der Waals surface area contributed by atoms with E-state index < -0.39 is 12.1 Å². The quantitative estimate of drug-likeness (QED) is 0.116. The molecule has 2 aromatic rings. The van der Waals surface area contributed by atoms with Crippen molar-refractivity contribution in [2.45, 2.75) is 51.4 Å². The van der Waals surface area contributed by atoms with Crippen molar-refractivity contribution in [2.75, 3.05) is 27.6 Å². The predicted molar refractivity (Wildman–Crippen MR) is 144 cm³/mol. The maximum absolute atomic E-state index is 13.2. The number of ether oxygens (including phenoxy) is 5. The highest BCUT2D eigenvalue weighted by Gasteiger charge is 2.27. The molecule has 202 valence electrons. The third kappa shape index (κ3) is 10.0. The molecule has 0 radical (unpaired) electrons. The smallest absolute Gasteiger partial charge is 0.342 e. The van der Waals surface area contributed by atoms with E-state index in [1.165, 1.54) is 6.07 Å². The Morgan fingerprint density at radius 2 is 1.84 bits per heavy atom. The van der Waals surface area contributed by atoms with Gasteiger partial charge in [-0.1, -0.05) is 43.3 Å². The minimum Gasteiger partial charge on any atom is -0.507 e. The monoisotopic (exact) mass is 512 g/mol. The summed E-state index contributed by atoms with van der Waals surface area (Å²) in [4.78, 5) is 13.2. The molecule has 7 nitrogen and oxygen atoms in total. The van der Waals surface area contributed by atoms with E-state index in [2.05, 4.69) is 20.1 Å². The third-order valence-electron chi connectivity index (χ3n) is 6.05. The van der Waals surface area contributed by atoms with Gasteiger partial charge in [0.2, 0.25) is 0 Å². The number of esters is 1. The summed E-state index contributed by atoms with van der Waals surface area (Å²) in [5.74, 6) is 0.213. The summed E-state index contributed by atoms with van der Waals surface area (Å²) in [6.45, 7) is 10.6. The number of rotatable bonds is 18. The maximum atomic E-state index is 13.2. The average Bonchev–Trinajstić information content (AvgIpc) is 2.89. The molecule has 0 unspecified atom stereocenters. The summed E-state index contributed by atoms with van der Waals surface area (Å²) in [6.07, 6.45) is 4.87. The van der Waals surface area contributed by atoms with Crippen molar-refractivity contribution in [1.82, 2.24) is 0 Å². The van der Waals surface area contributed by atoms with Crippen molar-refractivity contribution in [3.8, 4) is 11.5 Å². The van der Waals surface area contributed by atoms with Gasteiger partial charge in [0.15, 0.2) is 0 Å². The van der Waals surface area contributed by atoms with Gasteiger partial charge in [-0.2, -0.15) is 0 Å². The zero-order chi connectivity index (χ0) is 27.0. The lowest BCUT2D eigenvalue weighted by molar-refractivity contribution is -0.104. The van der Waals surface area contributed by atoms with Gasteiger partial charge in [0, 0.05) is 20.0 Å². The number of phenolic OH excluding ortho intramolecular Hbond substituents is 1. The molecule has 0 aliphatic heterocycles. The summed E-state index contributed by atoms with van der Waals surface area (Å²) in [7, 11) is 3.20. The molecule has 0 saturated heterocycles. The zero-order valence-electron chi connectivity index (χ0n) is 22.2. The molecule has 7 heteroatoms. The number of hydrogen-bond donors (Lipinski definition) is 1. The molecule has 0 amide bonds. The van der Waals surface area contributed by atoms with Crippen LogP contribution in [0.4, 0.5) is 0 Å². The number of phenols is 1. The van der Waals surface area contributed by atoms with Crippen LogP contribution in [0, 0.1) is 5.92 Å². The van der Waals surface area contributed by atoms with Gasteiger partial charge in [-0.05, 0) is 48.1 Å². The number of benzene rings is 2. The van der Waals surface area contributed by atoms with E-state index in [-0.39, 0.29) is 30.1 Å². The zero-order valence-corrected chi connectivity index (χ0v) is 22.2. The summed E-state index contributed by atoms with van der Waals surface area (Å²) in [6, 6.07) is 12.6. The second kappa shape index (κ2) is 16.6. The predicted octanol–water partition coefficient (Wildman–Crippen LogP) is 5.85. The summed E-state index contributed by atoms with van der Waals surface area (Å²) in [5, 5.41) is 10.4. The molecule has 0 aromatic heterocycles. The first-order valence-electron chi connectivity index (χ1n) is 12.5. The van der Waals surface area contributed by atoms with Crippen molar-refractivity contribution in [2.24, 2.45) is 5.92 Å². The first-order chi connectivity index (χ1) is 17.9. The Kier molecular flexibility index (Phi) is 13.5. The Hall–Kier alpha value is -3.13. The topological polar surface area (TPSA) is 83.5 Å². The first kappa shape index (κ1) is 30.1. The highest BCUT2D eigenvalue weighted by molar-refractivity contribution is 5.94.